The van der Waals surface area contributed by atoms with Crippen LogP contribution in [-0.2, 0) is 19.6 Å². The fraction of sp³-hybridized carbons (Fsp3) is 0.300. The number of amides is 1. The van der Waals surface area contributed by atoms with Crippen molar-refractivity contribution in [1.82, 2.24) is 14.6 Å². The van der Waals surface area contributed by atoms with Crippen LogP contribution in [-0.4, -0.2) is 53.8 Å². The predicted octanol–water partition coefficient (Wildman–Crippen LogP) is -1.34. The Kier molecular flexibility index (Phi) is 3.49. The number of pyridine rings is 1. The lowest BCUT2D eigenvalue weighted by atomic mass is 10.2. The second kappa shape index (κ2) is 4.94. The molecule has 2 heterocycles. The number of carboxylic acid groups (broad SMARTS) is 1. The molecule has 1 aromatic heterocycles. The molecule has 0 bridgehead atoms. The number of carbonyl (C=O) groups excluding carboxylic acids is 1. The van der Waals surface area contributed by atoms with Gasteiger partial charge in [0.2, 0.25) is 15.9 Å². The summed E-state index contributed by atoms with van der Waals surface area (Å²) in [5.74, 6) is -1.85. The van der Waals surface area contributed by atoms with Crippen LogP contribution in [0.4, 0.5) is 0 Å². The third kappa shape index (κ3) is 2.56. The molecule has 1 fully saturated rings. The molecule has 0 saturated carbocycles. The molecular weight excluding hydrogens is 274 g/mol. The fourth-order valence-electron chi connectivity index (χ4n) is 1.72. The number of hydrogen-bond donors (Lipinski definition) is 2. The van der Waals surface area contributed by atoms with Gasteiger partial charge in [0, 0.05) is 18.9 Å². The molecule has 1 aliphatic heterocycles. The average Bonchev–Trinajstić information content (AvgIpc) is 2.39. The van der Waals surface area contributed by atoms with E-state index in [2.05, 4.69) is 10.3 Å². The second-order valence-electron chi connectivity index (χ2n) is 3.90. The van der Waals surface area contributed by atoms with Crippen molar-refractivity contribution in [2.45, 2.75) is 10.9 Å². The molecule has 1 unspecified atom stereocenters. The number of carboxylic acids is 1. The molecule has 9 heteroatoms. The number of aromatic nitrogens is 1. The lowest BCUT2D eigenvalue weighted by Crippen LogP contribution is -2.59. The van der Waals surface area contributed by atoms with E-state index in [1.807, 2.05) is 0 Å². The molecule has 8 nitrogen and oxygen atoms in total. The lowest BCUT2D eigenvalue weighted by molar-refractivity contribution is -0.143. The summed E-state index contributed by atoms with van der Waals surface area (Å²) in [6, 6.07) is 1.41. The van der Waals surface area contributed by atoms with Crippen LogP contribution in [0.15, 0.2) is 29.4 Å². The zero-order chi connectivity index (χ0) is 14.0. The van der Waals surface area contributed by atoms with E-state index in [0.717, 1.165) is 6.20 Å². The van der Waals surface area contributed by atoms with E-state index in [1.54, 1.807) is 0 Å². The number of nitrogens with one attached hydrogen (secondary N) is 1. The first kappa shape index (κ1) is 13.4. The largest absolute Gasteiger partial charge is 0.480 e. The number of nitrogens with zero attached hydrogens (tertiary/aromatic N) is 2. The Morgan fingerprint density at radius 2 is 2.26 bits per heavy atom. The van der Waals surface area contributed by atoms with Gasteiger partial charge in [0.05, 0.1) is 6.54 Å². The van der Waals surface area contributed by atoms with E-state index in [4.69, 9.17) is 5.11 Å². The van der Waals surface area contributed by atoms with Crippen LogP contribution in [0.3, 0.4) is 0 Å². The van der Waals surface area contributed by atoms with Gasteiger partial charge in [-0.15, -0.1) is 0 Å². The van der Waals surface area contributed by atoms with Gasteiger partial charge in [0.25, 0.3) is 0 Å². The number of sulfonamides is 1. The summed E-state index contributed by atoms with van der Waals surface area (Å²) in [6.45, 7) is -0.776. The summed E-state index contributed by atoms with van der Waals surface area (Å²) in [5, 5.41) is 11.4. The number of carbonyl (C=O) groups is 2. The Morgan fingerprint density at radius 1 is 1.53 bits per heavy atom. The van der Waals surface area contributed by atoms with Crippen LogP contribution in [0, 0.1) is 0 Å². The molecule has 1 aromatic rings. The van der Waals surface area contributed by atoms with Crippen LogP contribution in [0.5, 0.6) is 0 Å². The minimum atomic E-state index is -4.06. The minimum Gasteiger partial charge on any atom is -0.480 e. The van der Waals surface area contributed by atoms with Gasteiger partial charge in [-0.1, -0.05) is 0 Å². The topological polar surface area (TPSA) is 117 Å². The highest BCUT2D eigenvalue weighted by molar-refractivity contribution is 7.89. The van der Waals surface area contributed by atoms with E-state index in [1.165, 1.54) is 18.3 Å². The molecule has 1 saturated heterocycles. The van der Waals surface area contributed by atoms with Gasteiger partial charge in [0.15, 0.2) is 0 Å². The maximum Gasteiger partial charge on any atom is 0.323 e. The highest BCUT2D eigenvalue weighted by Gasteiger charge is 2.40. The van der Waals surface area contributed by atoms with Gasteiger partial charge in [-0.3, -0.25) is 14.6 Å². The first-order valence-electron chi connectivity index (χ1n) is 5.34. The summed E-state index contributed by atoms with van der Waals surface area (Å²) in [5.41, 5.74) is 0. The van der Waals surface area contributed by atoms with E-state index in [9.17, 15) is 18.0 Å². The van der Waals surface area contributed by atoms with Crippen molar-refractivity contribution in [3.63, 3.8) is 0 Å². The van der Waals surface area contributed by atoms with Crippen molar-refractivity contribution in [1.29, 1.82) is 0 Å². The molecule has 2 N–H and O–H groups in total. The lowest BCUT2D eigenvalue weighted by Gasteiger charge is -2.31. The molecule has 0 aromatic carbocycles. The van der Waals surface area contributed by atoms with Crippen LogP contribution in [0.2, 0.25) is 0 Å². The van der Waals surface area contributed by atoms with Gasteiger partial charge in [-0.2, -0.15) is 4.31 Å². The summed E-state index contributed by atoms with van der Waals surface area (Å²) in [6.07, 6.45) is 2.51. The Hall–Kier alpha value is -2.00. The highest BCUT2D eigenvalue weighted by Crippen LogP contribution is 2.18. The molecule has 0 spiro atoms. The molecular formula is C10H11N3O5S. The third-order valence-corrected chi connectivity index (χ3v) is 4.50. The van der Waals surface area contributed by atoms with Crippen LogP contribution in [0.1, 0.15) is 0 Å². The first-order chi connectivity index (χ1) is 8.93. The van der Waals surface area contributed by atoms with Crippen LogP contribution in [0.25, 0.3) is 0 Å². The van der Waals surface area contributed by atoms with Crippen LogP contribution < -0.4 is 5.32 Å². The Bertz CT molecular complexity index is 601. The van der Waals surface area contributed by atoms with Crippen molar-refractivity contribution in [3.8, 4) is 0 Å². The second-order valence-corrected chi connectivity index (χ2v) is 5.79. The molecule has 2 rings (SSSR count). The van der Waals surface area contributed by atoms with Crippen molar-refractivity contribution in [2.24, 2.45) is 0 Å². The molecule has 0 radical (unpaired) electrons. The first-order valence-corrected chi connectivity index (χ1v) is 6.78. The summed E-state index contributed by atoms with van der Waals surface area (Å²) in [7, 11) is -4.06. The van der Waals surface area contributed by atoms with Crippen LogP contribution >= 0.6 is 0 Å². The average molecular weight is 285 g/mol. The van der Waals surface area contributed by atoms with Gasteiger partial charge in [-0.05, 0) is 12.1 Å². The zero-order valence-corrected chi connectivity index (χ0v) is 10.5. The normalized spacial score (nSPS) is 20.8. The van der Waals surface area contributed by atoms with Crippen molar-refractivity contribution in [3.05, 3.63) is 24.5 Å². The van der Waals surface area contributed by atoms with E-state index < -0.39 is 34.5 Å². The van der Waals surface area contributed by atoms with Gasteiger partial charge in [-0.25, -0.2) is 8.42 Å². The third-order valence-electron chi connectivity index (χ3n) is 2.67. The van der Waals surface area contributed by atoms with Crippen molar-refractivity contribution in [2.75, 3.05) is 13.1 Å². The quantitative estimate of drug-likeness (QED) is 0.709. The Morgan fingerprint density at radius 3 is 2.84 bits per heavy atom. The fourth-order valence-corrected chi connectivity index (χ4v) is 3.22. The number of rotatable bonds is 3. The molecule has 19 heavy (non-hydrogen) atoms. The summed E-state index contributed by atoms with van der Waals surface area (Å²) in [4.78, 5) is 25.9. The standard InChI is InChI=1S/C10H11N3O5S/c14-9-6-13(8(5-12-9)10(15)16)19(17,18)7-2-1-3-11-4-7/h1-4,8H,5-6H2,(H,12,14)(H,15,16). The summed E-state index contributed by atoms with van der Waals surface area (Å²) >= 11 is 0. The molecule has 1 amide bonds. The predicted molar refractivity (Wildman–Crippen MR) is 62.6 cm³/mol. The monoisotopic (exact) mass is 285 g/mol. The van der Waals surface area contributed by atoms with E-state index in [-0.39, 0.29) is 11.4 Å². The zero-order valence-electron chi connectivity index (χ0n) is 9.68. The van der Waals surface area contributed by atoms with Crippen molar-refractivity contribution < 1.29 is 23.1 Å². The Balaban J connectivity index is 2.41. The molecule has 102 valence electrons. The Labute approximate surface area is 109 Å². The highest BCUT2D eigenvalue weighted by atomic mass is 32.2. The molecule has 1 aliphatic rings. The van der Waals surface area contributed by atoms with E-state index in [0.29, 0.717) is 4.31 Å². The molecule has 0 aliphatic carbocycles. The number of piperazine rings is 1. The van der Waals surface area contributed by atoms with Gasteiger partial charge < -0.3 is 10.4 Å². The maximum atomic E-state index is 12.3. The van der Waals surface area contributed by atoms with Crippen molar-refractivity contribution >= 4 is 21.9 Å². The number of aliphatic carboxylic acids is 1. The molecule has 1 atom stereocenters. The summed E-state index contributed by atoms with van der Waals surface area (Å²) < 4.78 is 25.3. The minimum absolute atomic E-state index is 0.143. The van der Waals surface area contributed by atoms with Gasteiger partial charge in [0.1, 0.15) is 10.9 Å². The maximum absolute atomic E-state index is 12.3. The smallest absolute Gasteiger partial charge is 0.323 e. The van der Waals surface area contributed by atoms with Gasteiger partial charge >= 0.3 is 5.97 Å². The van der Waals surface area contributed by atoms with E-state index >= 15 is 0 Å². The SMILES string of the molecule is O=C1CN(S(=O)(=O)c2cccnc2)C(C(=O)O)CN1. The number of hydrogen-bond acceptors (Lipinski definition) is 5.